The average molecular weight is 307 g/mol. The van der Waals surface area contributed by atoms with Gasteiger partial charge in [-0.3, -0.25) is 9.12 Å². The Morgan fingerprint density at radius 2 is 2.24 bits per heavy atom. The minimum absolute atomic E-state index is 0.0427. The quantitative estimate of drug-likeness (QED) is 0.741. The standard InChI is InChI=1S/C12H13N5O3S/c1-2-13-11-12(17-6-4-3-5-10(17)15-11)21(18,19)16-9-7-14-20-8-9/h3-8,13,16H,2H2,1H3. The van der Waals surface area contributed by atoms with E-state index in [1.165, 1.54) is 16.9 Å². The van der Waals surface area contributed by atoms with E-state index < -0.39 is 10.0 Å². The highest BCUT2D eigenvalue weighted by atomic mass is 32.2. The molecule has 8 nitrogen and oxygen atoms in total. The van der Waals surface area contributed by atoms with Gasteiger partial charge in [0.05, 0.1) is 6.20 Å². The van der Waals surface area contributed by atoms with Crippen molar-refractivity contribution in [2.75, 3.05) is 16.6 Å². The average Bonchev–Trinajstić information content (AvgIpc) is 3.05. The van der Waals surface area contributed by atoms with Gasteiger partial charge in [-0.25, -0.2) is 4.98 Å². The molecule has 0 aromatic carbocycles. The number of pyridine rings is 1. The number of nitrogens with zero attached hydrogens (tertiary/aromatic N) is 3. The normalized spacial score (nSPS) is 11.7. The molecule has 0 aliphatic carbocycles. The summed E-state index contributed by atoms with van der Waals surface area (Å²) >= 11 is 0. The van der Waals surface area contributed by atoms with Gasteiger partial charge in [0.25, 0.3) is 10.0 Å². The molecule has 3 rings (SSSR count). The Balaban J connectivity index is 2.15. The Hall–Kier alpha value is -2.55. The minimum atomic E-state index is -3.83. The van der Waals surface area contributed by atoms with Crippen LogP contribution in [0.3, 0.4) is 0 Å². The Kier molecular flexibility index (Phi) is 3.26. The molecule has 0 saturated heterocycles. The van der Waals surface area contributed by atoms with Gasteiger partial charge in [-0.15, -0.1) is 0 Å². The zero-order chi connectivity index (χ0) is 14.9. The molecule has 0 spiro atoms. The van der Waals surface area contributed by atoms with E-state index in [2.05, 4.69) is 24.7 Å². The lowest BCUT2D eigenvalue weighted by molar-refractivity contribution is 0.420. The van der Waals surface area contributed by atoms with Crippen molar-refractivity contribution >= 4 is 27.2 Å². The van der Waals surface area contributed by atoms with E-state index in [4.69, 9.17) is 0 Å². The summed E-state index contributed by atoms with van der Waals surface area (Å²) in [5.41, 5.74) is 0.794. The van der Waals surface area contributed by atoms with Crippen molar-refractivity contribution in [2.45, 2.75) is 11.9 Å². The molecule has 0 amide bonds. The van der Waals surface area contributed by atoms with E-state index in [0.29, 0.717) is 18.0 Å². The van der Waals surface area contributed by atoms with Crippen LogP contribution in [-0.4, -0.2) is 29.5 Å². The van der Waals surface area contributed by atoms with Gasteiger partial charge in [0.15, 0.2) is 5.82 Å². The largest absolute Gasteiger partial charge is 0.368 e. The minimum Gasteiger partial charge on any atom is -0.368 e. The van der Waals surface area contributed by atoms with E-state index in [1.54, 1.807) is 24.4 Å². The third-order valence-electron chi connectivity index (χ3n) is 2.77. The Morgan fingerprint density at radius 3 is 2.95 bits per heavy atom. The molecule has 3 aromatic heterocycles. The first-order valence-corrected chi connectivity index (χ1v) is 7.73. The molecule has 0 aliphatic heterocycles. The summed E-state index contributed by atoms with van der Waals surface area (Å²) in [5, 5.41) is 6.47. The fraction of sp³-hybridized carbons (Fsp3) is 0.167. The van der Waals surface area contributed by atoms with Crippen LogP contribution in [0.2, 0.25) is 0 Å². The molecule has 0 bridgehead atoms. The highest BCUT2D eigenvalue weighted by Gasteiger charge is 2.25. The fourth-order valence-electron chi connectivity index (χ4n) is 1.97. The maximum Gasteiger partial charge on any atom is 0.281 e. The molecular weight excluding hydrogens is 294 g/mol. The maximum absolute atomic E-state index is 12.6. The van der Waals surface area contributed by atoms with Crippen LogP contribution in [0.5, 0.6) is 0 Å². The molecule has 0 atom stereocenters. The highest BCUT2D eigenvalue weighted by molar-refractivity contribution is 7.92. The van der Waals surface area contributed by atoms with Crippen LogP contribution in [0, 0.1) is 0 Å². The van der Waals surface area contributed by atoms with E-state index in [1.807, 2.05) is 6.92 Å². The second-order valence-electron chi connectivity index (χ2n) is 4.24. The Morgan fingerprint density at radius 1 is 1.38 bits per heavy atom. The van der Waals surface area contributed by atoms with E-state index in [-0.39, 0.29) is 10.7 Å². The number of sulfonamides is 1. The predicted molar refractivity (Wildman–Crippen MR) is 76.7 cm³/mol. The monoisotopic (exact) mass is 307 g/mol. The van der Waals surface area contributed by atoms with Crippen molar-refractivity contribution in [3.05, 3.63) is 36.9 Å². The number of hydrogen-bond donors (Lipinski definition) is 2. The van der Waals surface area contributed by atoms with Crippen LogP contribution >= 0.6 is 0 Å². The van der Waals surface area contributed by atoms with Gasteiger partial charge in [-0.2, -0.15) is 8.42 Å². The van der Waals surface area contributed by atoms with Crippen molar-refractivity contribution in [1.29, 1.82) is 0 Å². The molecule has 21 heavy (non-hydrogen) atoms. The molecule has 110 valence electrons. The van der Waals surface area contributed by atoms with Gasteiger partial charge >= 0.3 is 0 Å². The Bertz CT molecular complexity index is 854. The molecule has 3 heterocycles. The molecule has 0 aliphatic rings. The van der Waals surface area contributed by atoms with Gasteiger partial charge < -0.3 is 9.84 Å². The van der Waals surface area contributed by atoms with Crippen molar-refractivity contribution in [1.82, 2.24) is 14.5 Å². The first-order chi connectivity index (χ1) is 10.1. The number of anilines is 2. The summed E-state index contributed by atoms with van der Waals surface area (Å²) in [5.74, 6) is 0.299. The topological polar surface area (TPSA) is 102 Å². The summed E-state index contributed by atoms with van der Waals surface area (Å²) in [6.45, 7) is 2.42. The summed E-state index contributed by atoms with van der Waals surface area (Å²) in [4.78, 5) is 4.29. The molecule has 0 radical (unpaired) electrons. The molecule has 0 unspecified atom stereocenters. The number of fused-ring (bicyclic) bond motifs is 1. The smallest absolute Gasteiger partial charge is 0.281 e. The number of rotatable bonds is 5. The second kappa shape index (κ2) is 5.09. The Labute approximate surface area is 120 Å². The van der Waals surface area contributed by atoms with Crippen molar-refractivity contribution in [3.8, 4) is 0 Å². The molecule has 0 saturated carbocycles. The van der Waals surface area contributed by atoms with Crippen LogP contribution in [0.15, 0.2) is 46.4 Å². The SMILES string of the molecule is CCNc1nc2ccccn2c1S(=O)(=O)Nc1cnoc1. The predicted octanol–water partition coefficient (Wildman–Crippen LogP) is 1.55. The summed E-state index contributed by atoms with van der Waals surface area (Å²) in [7, 11) is -3.83. The van der Waals surface area contributed by atoms with Gasteiger partial charge in [-0.05, 0) is 19.1 Å². The summed E-state index contributed by atoms with van der Waals surface area (Å²) < 4.78 is 33.7. The van der Waals surface area contributed by atoms with Crippen molar-refractivity contribution < 1.29 is 12.9 Å². The number of hydrogen-bond acceptors (Lipinski definition) is 6. The van der Waals surface area contributed by atoms with Gasteiger partial charge in [0.2, 0.25) is 5.03 Å². The molecular formula is C12H13N5O3S. The lowest BCUT2D eigenvalue weighted by Crippen LogP contribution is -2.16. The highest BCUT2D eigenvalue weighted by Crippen LogP contribution is 2.24. The van der Waals surface area contributed by atoms with Crippen molar-refractivity contribution in [3.63, 3.8) is 0 Å². The maximum atomic E-state index is 12.6. The van der Waals surface area contributed by atoms with E-state index in [9.17, 15) is 8.42 Å². The molecule has 9 heteroatoms. The zero-order valence-corrected chi connectivity index (χ0v) is 12.0. The molecule has 0 fully saturated rings. The summed E-state index contributed by atoms with van der Waals surface area (Å²) in [6.07, 6.45) is 4.15. The third-order valence-corrected chi connectivity index (χ3v) is 4.17. The lowest BCUT2D eigenvalue weighted by atomic mass is 10.5. The zero-order valence-electron chi connectivity index (χ0n) is 11.1. The molecule has 3 aromatic rings. The third kappa shape index (κ3) is 2.42. The van der Waals surface area contributed by atoms with Gasteiger partial charge in [0, 0.05) is 12.7 Å². The fourth-order valence-corrected chi connectivity index (χ4v) is 3.26. The lowest BCUT2D eigenvalue weighted by Gasteiger charge is -2.07. The van der Waals surface area contributed by atoms with Gasteiger partial charge in [0.1, 0.15) is 17.6 Å². The van der Waals surface area contributed by atoms with Gasteiger partial charge in [-0.1, -0.05) is 11.2 Å². The first kappa shape index (κ1) is 13.4. The van der Waals surface area contributed by atoms with Crippen LogP contribution in [0.4, 0.5) is 11.5 Å². The van der Waals surface area contributed by atoms with Crippen LogP contribution in [-0.2, 0) is 10.0 Å². The van der Waals surface area contributed by atoms with E-state index in [0.717, 1.165) is 0 Å². The second-order valence-corrected chi connectivity index (χ2v) is 5.84. The van der Waals surface area contributed by atoms with Crippen LogP contribution in [0.25, 0.3) is 5.65 Å². The van der Waals surface area contributed by atoms with E-state index >= 15 is 0 Å². The molecule has 2 N–H and O–H groups in total. The first-order valence-electron chi connectivity index (χ1n) is 6.25. The number of imidazole rings is 1. The van der Waals surface area contributed by atoms with Crippen LogP contribution in [0.1, 0.15) is 6.92 Å². The number of aromatic nitrogens is 3. The number of nitrogens with one attached hydrogen (secondary N) is 2. The van der Waals surface area contributed by atoms with Crippen LogP contribution < -0.4 is 10.0 Å². The van der Waals surface area contributed by atoms with Crippen molar-refractivity contribution in [2.24, 2.45) is 0 Å². The summed E-state index contributed by atoms with van der Waals surface area (Å²) in [6, 6.07) is 5.27.